The van der Waals surface area contributed by atoms with Crippen molar-refractivity contribution in [2.24, 2.45) is 0 Å². The Balaban J connectivity index is 2.03. The Bertz CT molecular complexity index is 1350. The van der Waals surface area contributed by atoms with Crippen LogP contribution in [0.25, 0.3) is 0 Å². The van der Waals surface area contributed by atoms with Gasteiger partial charge in [0.25, 0.3) is 10.0 Å². The molecule has 3 aromatic carbocycles. The van der Waals surface area contributed by atoms with E-state index < -0.39 is 28.5 Å². The van der Waals surface area contributed by atoms with Crippen LogP contribution in [0.1, 0.15) is 18.1 Å². The molecule has 0 heterocycles. The molecule has 1 atom stereocenters. The fraction of sp³-hybridized carbons (Fsp3) is 0.259. The number of carbonyl (C=O) groups is 2. The number of rotatable bonds is 10. The van der Waals surface area contributed by atoms with Gasteiger partial charge in [0.15, 0.2) is 0 Å². The summed E-state index contributed by atoms with van der Waals surface area (Å²) in [5.74, 6) is -0.395. The smallest absolute Gasteiger partial charge is 0.264 e. The standard InChI is InChI=1S/C27H30ClN3O5S/c1-19-8-14-25(15-9-19)37(34,35)31(23-10-12-24(36-4)13-11-23)18-26(32)30(20(2)27(33)29-3)17-21-6-5-7-22(28)16-21/h5-16,20H,17-18H2,1-4H3,(H,29,33)/t20-/m0/s1. The minimum atomic E-state index is -4.13. The summed E-state index contributed by atoms with van der Waals surface area (Å²) in [5, 5.41) is 3.04. The molecule has 0 bridgehead atoms. The van der Waals surface area contributed by atoms with Crippen molar-refractivity contribution in [3.63, 3.8) is 0 Å². The maximum absolute atomic E-state index is 13.7. The zero-order chi connectivity index (χ0) is 27.2. The minimum Gasteiger partial charge on any atom is -0.497 e. The van der Waals surface area contributed by atoms with Crippen LogP contribution in [0.2, 0.25) is 5.02 Å². The van der Waals surface area contributed by atoms with Crippen LogP contribution in [0.15, 0.2) is 77.7 Å². The second kappa shape index (κ2) is 12.1. The number of likely N-dealkylation sites (N-methyl/N-ethyl adjacent to an activating group) is 1. The lowest BCUT2D eigenvalue weighted by atomic mass is 10.1. The van der Waals surface area contributed by atoms with Gasteiger partial charge < -0.3 is 15.0 Å². The van der Waals surface area contributed by atoms with E-state index in [0.717, 1.165) is 9.87 Å². The van der Waals surface area contributed by atoms with Crippen LogP contribution in [-0.2, 0) is 26.2 Å². The first-order valence-corrected chi connectivity index (χ1v) is 13.4. The van der Waals surface area contributed by atoms with E-state index in [2.05, 4.69) is 5.32 Å². The van der Waals surface area contributed by atoms with Crippen LogP contribution in [0.4, 0.5) is 5.69 Å². The number of ether oxygens (including phenoxy) is 1. The van der Waals surface area contributed by atoms with E-state index >= 15 is 0 Å². The van der Waals surface area contributed by atoms with Gasteiger partial charge in [-0.05, 0) is 67.9 Å². The Morgan fingerprint density at radius 3 is 2.24 bits per heavy atom. The van der Waals surface area contributed by atoms with Gasteiger partial charge in [-0.3, -0.25) is 13.9 Å². The highest BCUT2D eigenvalue weighted by atomic mass is 35.5. The van der Waals surface area contributed by atoms with Crippen molar-refractivity contribution in [3.8, 4) is 5.75 Å². The number of amides is 2. The summed E-state index contributed by atoms with van der Waals surface area (Å²) in [5.41, 5.74) is 1.89. The molecule has 0 saturated heterocycles. The van der Waals surface area contributed by atoms with E-state index in [9.17, 15) is 18.0 Å². The topological polar surface area (TPSA) is 96.0 Å². The number of hydrogen-bond acceptors (Lipinski definition) is 5. The first-order valence-electron chi connectivity index (χ1n) is 11.6. The third-order valence-corrected chi connectivity index (χ3v) is 7.93. The lowest BCUT2D eigenvalue weighted by molar-refractivity contribution is -0.139. The molecule has 0 aliphatic carbocycles. The highest BCUT2D eigenvalue weighted by Gasteiger charge is 2.32. The van der Waals surface area contributed by atoms with Crippen molar-refractivity contribution in [1.82, 2.24) is 10.2 Å². The summed E-state index contributed by atoms with van der Waals surface area (Å²) in [6, 6.07) is 18.8. The third-order valence-electron chi connectivity index (χ3n) is 5.90. The molecule has 10 heteroatoms. The summed E-state index contributed by atoms with van der Waals surface area (Å²) in [7, 11) is -1.14. The van der Waals surface area contributed by atoms with E-state index in [4.69, 9.17) is 16.3 Å². The van der Waals surface area contributed by atoms with Gasteiger partial charge in [0, 0.05) is 18.6 Å². The SMILES string of the molecule is CNC(=O)[C@H](C)N(Cc1cccc(Cl)c1)C(=O)CN(c1ccc(OC)cc1)S(=O)(=O)c1ccc(C)cc1. The Hall–Kier alpha value is -3.56. The lowest BCUT2D eigenvalue weighted by Gasteiger charge is -2.31. The number of anilines is 1. The molecule has 37 heavy (non-hydrogen) atoms. The summed E-state index contributed by atoms with van der Waals surface area (Å²) in [6.45, 7) is 2.99. The number of carbonyl (C=O) groups excluding carboxylic acids is 2. The molecule has 3 aromatic rings. The molecular formula is C27H30ClN3O5S. The second-order valence-corrected chi connectivity index (χ2v) is 10.8. The van der Waals surface area contributed by atoms with E-state index in [-0.39, 0.29) is 23.0 Å². The minimum absolute atomic E-state index is 0.0439. The number of nitrogens with one attached hydrogen (secondary N) is 1. The van der Waals surface area contributed by atoms with Gasteiger partial charge in [-0.2, -0.15) is 0 Å². The maximum atomic E-state index is 13.7. The van der Waals surface area contributed by atoms with Crippen LogP contribution in [0.3, 0.4) is 0 Å². The molecule has 0 saturated carbocycles. The molecule has 0 spiro atoms. The first kappa shape index (κ1) is 28.0. The predicted octanol–water partition coefficient (Wildman–Crippen LogP) is 4.02. The summed E-state index contributed by atoms with van der Waals surface area (Å²) >= 11 is 6.12. The van der Waals surface area contributed by atoms with Gasteiger partial charge >= 0.3 is 0 Å². The average Bonchev–Trinajstić information content (AvgIpc) is 2.89. The van der Waals surface area contributed by atoms with Crippen molar-refractivity contribution in [3.05, 3.63) is 88.9 Å². The number of benzene rings is 3. The van der Waals surface area contributed by atoms with Gasteiger partial charge in [0.2, 0.25) is 11.8 Å². The normalized spacial score (nSPS) is 11.9. The Labute approximate surface area is 222 Å². The second-order valence-electron chi connectivity index (χ2n) is 8.46. The quantitative estimate of drug-likeness (QED) is 0.417. The third kappa shape index (κ3) is 6.81. The van der Waals surface area contributed by atoms with Crippen LogP contribution in [0.5, 0.6) is 5.75 Å². The Morgan fingerprint density at radius 1 is 1.03 bits per heavy atom. The van der Waals surface area contributed by atoms with E-state index in [0.29, 0.717) is 16.3 Å². The van der Waals surface area contributed by atoms with Crippen molar-refractivity contribution >= 4 is 39.1 Å². The number of halogens is 1. The molecule has 0 unspecified atom stereocenters. The Morgan fingerprint density at radius 2 is 1.68 bits per heavy atom. The largest absolute Gasteiger partial charge is 0.497 e. The van der Waals surface area contributed by atoms with Gasteiger partial charge in [-0.25, -0.2) is 8.42 Å². The average molecular weight is 544 g/mol. The summed E-state index contributed by atoms with van der Waals surface area (Å²) in [4.78, 5) is 27.6. The number of sulfonamides is 1. The van der Waals surface area contributed by atoms with Crippen LogP contribution in [-0.4, -0.2) is 51.9 Å². The highest BCUT2D eigenvalue weighted by molar-refractivity contribution is 7.92. The van der Waals surface area contributed by atoms with Crippen molar-refractivity contribution in [1.29, 1.82) is 0 Å². The maximum Gasteiger partial charge on any atom is 0.264 e. The molecule has 8 nitrogen and oxygen atoms in total. The van der Waals surface area contributed by atoms with Crippen molar-refractivity contribution < 1.29 is 22.7 Å². The van der Waals surface area contributed by atoms with Gasteiger partial charge in [0.1, 0.15) is 18.3 Å². The molecule has 1 N–H and O–H groups in total. The molecule has 0 radical (unpaired) electrons. The molecule has 0 aliphatic rings. The number of aryl methyl sites for hydroxylation is 1. The molecule has 0 aliphatic heterocycles. The zero-order valence-corrected chi connectivity index (χ0v) is 22.7. The van der Waals surface area contributed by atoms with E-state index in [1.54, 1.807) is 67.6 Å². The summed E-state index contributed by atoms with van der Waals surface area (Å²) < 4.78 is 33.7. The number of hydrogen-bond donors (Lipinski definition) is 1. The first-order chi connectivity index (χ1) is 17.6. The zero-order valence-electron chi connectivity index (χ0n) is 21.1. The van der Waals surface area contributed by atoms with Crippen LogP contribution in [0, 0.1) is 6.92 Å². The fourth-order valence-corrected chi connectivity index (χ4v) is 5.37. The number of methoxy groups -OCH3 is 1. The van der Waals surface area contributed by atoms with E-state index in [1.807, 2.05) is 6.92 Å². The van der Waals surface area contributed by atoms with Crippen molar-refractivity contribution in [2.75, 3.05) is 25.0 Å². The summed E-state index contributed by atoms with van der Waals surface area (Å²) in [6.07, 6.45) is 0. The van der Waals surface area contributed by atoms with Gasteiger partial charge in [0.05, 0.1) is 17.7 Å². The monoisotopic (exact) mass is 543 g/mol. The molecular weight excluding hydrogens is 514 g/mol. The van der Waals surface area contributed by atoms with Crippen LogP contribution < -0.4 is 14.4 Å². The Kier molecular flexibility index (Phi) is 9.18. The number of nitrogens with zero attached hydrogens (tertiary/aromatic N) is 2. The molecule has 196 valence electrons. The molecule has 0 fully saturated rings. The fourth-order valence-electron chi connectivity index (χ4n) is 3.74. The lowest BCUT2D eigenvalue weighted by Crippen LogP contribution is -2.50. The highest BCUT2D eigenvalue weighted by Crippen LogP contribution is 2.27. The molecule has 2 amide bonds. The van der Waals surface area contributed by atoms with Gasteiger partial charge in [-0.15, -0.1) is 0 Å². The van der Waals surface area contributed by atoms with E-state index in [1.165, 1.54) is 31.2 Å². The molecule has 3 rings (SSSR count). The van der Waals surface area contributed by atoms with Gasteiger partial charge in [-0.1, -0.05) is 41.4 Å². The molecule has 0 aromatic heterocycles. The van der Waals surface area contributed by atoms with Crippen LogP contribution >= 0.6 is 11.6 Å². The predicted molar refractivity (Wildman–Crippen MR) is 144 cm³/mol. The van der Waals surface area contributed by atoms with Crippen molar-refractivity contribution in [2.45, 2.75) is 31.3 Å².